The van der Waals surface area contributed by atoms with Crippen molar-refractivity contribution in [2.45, 2.75) is 143 Å². The predicted molar refractivity (Wildman–Crippen MR) is 143 cm³/mol. The van der Waals surface area contributed by atoms with Crippen molar-refractivity contribution in [3.05, 3.63) is 11.6 Å². The molecule has 11 unspecified atom stereocenters. The highest BCUT2D eigenvalue weighted by Gasteiger charge is 2.59. The number of fused-ring (bicyclic) bond motifs is 5. The van der Waals surface area contributed by atoms with Gasteiger partial charge in [-0.05, 0) is 111 Å². The maximum absolute atomic E-state index is 10.3. The van der Waals surface area contributed by atoms with Gasteiger partial charge in [0.2, 0.25) is 0 Å². The summed E-state index contributed by atoms with van der Waals surface area (Å²) in [7, 11) is 0. The molecule has 0 aromatic rings. The Labute approximate surface area is 215 Å². The summed E-state index contributed by atoms with van der Waals surface area (Å²) in [5, 5.41) is 20.2. The molecule has 0 bridgehead atoms. The van der Waals surface area contributed by atoms with E-state index in [9.17, 15) is 10.2 Å². The van der Waals surface area contributed by atoms with Crippen molar-refractivity contribution in [2.75, 3.05) is 0 Å². The van der Waals surface area contributed by atoms with Crippen LogP contribution in [0.15, 0.2) is 11.6 Å². The van der Waals surface area contributed by atoms with Crippen LogP contribution in [0.4, 0.5) is 0 Å². The molecule has 0 amide bonds. The molecule has 5 aliphatic carbocycles. The standard InChI is InChI=1S/C32H54O3/c1-20(2)7-6-8-21(3)25-11-12-26-24-10-9-22-19-23(35-29-14-13-28(33)30(29)34)15-17-31(22,4)27(24)16-18-32(25,26)5/h9,20-21,23-30,33-34H,6-8,10-19H2,1-5H3. The molecular weight excluding hydrogens is 432 g/mol. The van der Waals surface area contributed by atoms with Gasteiger partial charge in [-0.25, -0.2) is 0 Å². The van der Waals surface area contributed by atoms with Crippen LogP contribution in [-0.4, -0.2) is 34.6 Å². The summed E-state index contributed by atoms with van der Waals surface area (Å²) in [6.45, 7) is 12.6. The van der Waals surface area contributed by atoms with Gasteiger partial charge in [0.1, 0.15) is 6.10 Å². The molecule has 0 aromatic heterocycles. The lowest BCUT2D eigenvalue weighted by molar-refractivity contribution is -0.105. The lowest BCUT2D eigenvalue weighted by Gasteiger charge is -2.58. The fourth-order valence-electron chi connectivity index (χ4n) is 10.1. The average molecular weight is 487 g/mol. The number of allylic oxidation sites excluding steroid dienone is 1. The van der Waals surface area contributed by atoms with Gasteiger partial charge in [-0.1, -0.05) is 65.5 Å². The van der Waals surface area contributed by atoms with Crippen molar-refractivity contribution >= 4 is 0 Å². The van der Waals surface area contributed by atoms with E-state index in [1.165, 1.54) is 57.8 Å². The highest BCUT2D eigenvalue weighted by atomic mass is 16.5. The first kappa shape index (κ1) is 26.2. The predicted octanol–water partition coefficient (Wildman–Crippen LogP) is 7.30. The molecule has 0 heterocycles. The van der Waals surface area contributed by atoms with E-state index in [2.05, 4.69) is 40.7 Å². The minimum Gasteiger partial charge on any atom is -0.390 e. The molecule has 4 saturated carbocycles. The Balaban J connectivity index is 1.25. The van der Waals surface area contributed by atoms with Crippen molar-refractivity contribution in [1.29, 1.82) is 0 Å². The third-order valence-corrected chi connectivity index (χ3v) is 12.1. The molecule has 3 nitrogen and oxygen atoms in total. The largest absolute Gasteiger partial charge is 0.390 e. The van der Waals surface area contributed by atoms with Crippen LogP contribution in [0.2, 0.25) is 0 Å². The van der Waals surface area contributed by atoms with Crippen LogP contribution in [0.5, 0.6) is 0 Å². The SMILES string of the molecule is CC(C)CCCC(C)C1CCC2C3CC=C4CC(OC5CCC(O)C5O)CCC4(C)C3CCC12C. The number of aliphatic hydroxyl groups excluding tert-OH is 2. The van der Waals surface area contributed by atoms with Gasteiger partial charge in [0.25, 0.3) is 0 Å². The van der Waals surface area contributed by atoms with E-state index in [1.54, 1.807) is 5.57 Å². The van der Waals surface area contributed by atoms with Gasteiger partial charge in [-0.3, -0.25) is 0 Å². The van der Waals surface area contributed by atoms with E-state index < -0.39 is 12.2 Å². The fraction of sp³-hybridized carbons (Fsp3) is 0.938. The Morgan fingerprint density at radius 2 is 1.74 bits per heavy atom. The van der Waals surface area contributed by atoms with Crippen LogP contribution in [0.1, 0.15) is 118 Å². The molecule has 5 rings (SSSR count). The van der Waals surface area contributed by atoms with E-state index in [-0.39, 0.29) is 12.2 Å². The van der Waals surface area contributed by atoms with Crippen molar-refractivity contribution in [1.82, 2.24) is 0 Å². The van der Waals surface area contributed by atoms with E-state index in [0.29, 0.717) is 17.3 Å². The van der Waals surface area contributed by atoms with Crippen molar-refractivity contribution in [3.8, 4) is 0 Å². The van der Waals surface area contributed by atoms with Crippen LogP contribution in [0.25, 0.3) is 0 Å². The third-order valence-electron chi connectivity index (χ3n) is 12.1. The molecule has 0 aliphatic heterocycles. The maximum Gasteiger partial charge on any atom is 0.106 e. The van der Waals surface area contributed by atoms with Crippen LogP contribution < -0.4 is 0 Å². The van der Waals surface area contributed by atoms with E-state index in [1.807, 2.05) is 0 Å². The Morgan fingerprint density at radius 3 is 2.46 bits per heavy atom. The Kier molecular flexibility index (Phi) is 7.54. The average Bonchev–Trinajstić information content (AvgIpc) is 3.33. The monoisotopic (exact) mass is 486 g/mol. The van der Waals surface area contributed by atoms with Crippen molar-refractivity contribution < 1.29 is 14.9 Å². The molecule has 3 heteroatoms. The quantitative estimate of drug-likeness (QED) is 0.371. The Morgan fingerprint density at radius 1 is 0.943 bits per heavy atom. The topological polar surface area (TPSA) is 49.7 Å². The van der Waals surface area contributed by atoms with Gasteiger partial charge in [0, 0.05) is 0 Å². The lowest BCUT2D eigenvalue weighted by Crippen LogP contribution is -2.51. The zero-order valence-electron chi connectivity index (χ0n) is 23.3. The van der Waals surface area contributed by atoms with Crippen LogP contribution >= 0.6 is 0 Å². The first-order valence-corrected chi connectivity index (χ1v) is 15.3. The van der Waals surface area contributed by atoms with Crippen molar-refractivity contribution in [2.24, 2.45) is 46.3 Å². The molecule has 35 heavy (non-hydrogen) atoms. The molecular formula is C32H54O3. The van der Waals surface area contributed by atoms with E-state index in [0.717, 1.165) is 54.8 Å². The summed E-state index contributed by atoms with van der Waals surface area (Å²) < 4.78 is 6.39. The molecule has 0 radical (unpaired) electrons. The molecule has 0 aromatic carbocycles. The molecule has 11 atom stereocenters. The lowest BCUT2D eigenvalue weighted by atomic mass is 9.47. The minimum atomic E-state index is -0.702. The summed E-state index contributed by atoms with van der Waals surface area (Å²) in [6.07, 6.45) is 17.5. The Bertz CT molecular complexity index is 775. The molecule has 0 saturated heterocycles. The fourth-order valence-corrected chi connectivity index (χ4v) is 10.1. The molecule has 5 aliphatic rings. The van der Waals surface area contributed by atoms with Crippen LogP contribution in [-0.2, 0) is 4.74 Å². The molecule has 2 N–H and O–H groups in total. The zero-order chi connectivity index (χ0) is 25.0. The highest BCUT2D eigenvalue weighted by Crippen LogP contribution is 2.67. The first-order valence-electron chi connectivity index (χ1n) is 15.3. The molecule has 4 fully saturated rings. The second kappa shape index (κ2) is 10.1. The maximum atomic E-state index is 10.3. The van der Waals surface area contributed by atoms with Crippen molar-refractivity contribution in [3.63, 3.8) is 0 Å². The molecule has 0 spiro atoms. The van der Waals surface area contributed by atoms with E-state index >= 15 is 0 Å². The number of hydrogen-bond donors (Lipinski definition) is 2. The van der Waals surface area contributed by atoms with Gasteiger partial charge in [-0.2, -0.15) is 0 Å². The summed E-state index contributed by atoms with van der Waals surface area (Å²) in [5.74, 6) is 5.27. The first-order chi connectivity index (χ1) is 16.6. The van der Waals surface area contributed by atoms with E-state index in [4.69, 9.17) is 4.74 Å². The van der Waals surface area contributed by atoms with Gasteiger partial charge < -0.3 is 14.9 Å². The third kappa shape index (κ3) is 4.69. The number of ether oxygens (including phenoxy) is 1. The number of aliphatic hydroxyl groups is 2. The van der Waals surface area contributed by atoms with Gasteiger partial charge in [0.05, 0.1) is 18.3 Å². The Hall–Kier alpha value is -0.380. The normalized spacial score (nSPS) is 48.3. The highest BCUT2D eigenvalue weighted by molar-refractivity contribution is 5.25. The minimum absolute atomic E-state index is 0.176. The van der Waals surface area contributed by atoms with Gasteiger partial charge in [0.15, 0.2) is 0 Å². The second-order valence-electron chi connectivity index (χ2n) is 14.5. The number of hydrogen-bond acceptors (Lipinski definition) is 3. The zero-order valence-corrected chi connectivity index (χ0v) is 23.3. The van der Waals surface area contributed by atoms with Gasteiger partial charge >= 0.3 is 0 Å². The summed E-state index contributed by atoms with van der Waals surface area (Å²) in [6, 6.07) is 0. The molecule has 200 valence electrons. The second-order valence-corrected chi connectivity index (χ2v) is 14.5. The summed E-state index contributed by atoms with van der Waals surface area (Å²) >= 11 is 0. The number of rotatable bonds is 7. The van der Waals surface area contributed by atoms with Gasteiger partial charge in [-0.15, -0.1) is 0 Å². The smallest absolute Gasteiger partial charge is 0.106 e. The summed E-state index contributed by atoms with van der Waals surface area (Å²) in [5.41, 5.74) is 2.56. The summed E-state index contributed by atoms with van der Waals surface area (Å²) in [4.78, 5) is 0. The van der Waals surface area contributed by atoms with Crippen LogP contribution in [0, 0.1) is 46.3 Å². The van der Waals surface area contributed by atoms with Crippen LogP contribution in [0.3, 0.4) is 0 Å².